The number of aryl methyl sites for hydroxylation is 1. The molecule has 6 nitrogen and oxygen atoms in total. The highest BCUT2D eigenvalue weighted by Gasteiger charge is 2.19. The summed E-state index contributed by atoms with van der Waals surface area (Å²) >= 11 is 7.31. The van der Waals surface area contributed by atoms with Crippen LogP contribution in [0.4, 0.5) is 5.69 Å². The molecule has 0 saturated heterocycles. The molecule has 1 N–H and O–H groups in total. The van der Waals surface area contributed by atoms with Crippen molar-refractivity contribution >= 4 is 35.0 Å². The van der Waals surface area contributed by atoms with Crippen LogP contribution in [0.25, 0.3) is 0 Å². The SMILES string of the molecule is CCn1cnnc1S[C@@H](C)C(=O)Nc1cc(Cl)ccc1OC. The van der Waals surface area contributed by atoms with Crippen LogP contribution in [-0.4, -0.2) is 33.0 Å². The average molecular weight is 341 g/mol. The number of nitrogens with zero attached hydrogens (tertiary/aromatic N) is 3. The Morgan fingerprint density at radius 1 is 1.55 bits per heavy atom. The maximum Gasteiger partial charge on any atom is 0.237 e. The van der Waals surface area contributed by atoms with Gasteiger partial charge in [0.15, 0.2) is 5.16 Å². The first kappa shape index (κ1) is 16.6. The van der Waals surface area contributed by atoms with Gasteiger partial charge in [0.2, 0.25) is 5.91 Å². The average Bonchev–Trinajstić information content (AvgIpc) is 2.94. The number of rotatable bonds is 6. The molecule has 22 heavy (non-hydrogen) atoms. The number of carbonyl (C=O) groups excluding carboxylic acids is 1. The van der Waals surface area contributed by atoms with Gasteiger partial charge in [0.25, 0.3) is 0 Å². The number of nitrogens with one attached hydrogen (secondary N) is 1. The van der Waals surface area contributed by atoms with Gasteiger partial charge in [0, 0.05) is 11.6 Å². The zero-order valence-electron chi connectivity index (χ0n) is 12.5. The molecule has 118 valence electrons. The summed E-state index contributed by atoms with van der Waals surface area (Å²) in [5, 5.41) is 11.6. The third-order valence-corrected chi connectivity index (χ3v) is 4.32. The number of carbonyl (C=O) groups is 1. The summed E-state index contributed by atoms with van der Waals surface area (Å²) in [5.74, 6) is 0.405. The summed E-state index contributed by atoms with van der Waals surface area (Å²) in [4.78, 5) is 12.3. The van der Waals surface area contributed by atoms with Crippen LogP contribution in [0, 0.1) is 0 Å². The summed E-state index contributed by atoms with van der Waals surface area (Å²) in [7, 11) is 1.54. The van der Waals surface area contributed by atoms with Gasteiger partial charge in [-0.25, -0.2) is 0 Å². The molecular weight excluding hydrogens is 324 g/mol. The first-order valence-electron chi connectivity index (χ1n) is 6.74. The smallest absolute Gasteiger partial charge is 0.237 e. The van der Waals surface area contributed by atoms with Crippen LogP contribution >= 0.6 is 23.4 Å². The normalized spacial score (nSPS) is 12.0. The van der Waals surface area contributed by atoms with Gasteiger partial charge in [0.1, 0.15) is 12.1 Å². The second kappa shape index (κ2) is 7.51. The molecule has 1 heterocycles. The molecule has 0 bridgehead atoms. The van der Waals surface area contributed by atoms with Gasteiger partial charge in [-0.05, 0) is 32.0 Å². The van der Waals surface area contributed by atoms with Crippen LogP contribution in [0.1, 0.15) is 13.8 Å². The van der Waals surface area contributed by atoms with E-state index in [0.717, 1.165) is 6.54 Å². The summed E-state index contributed by atoms with van der Waals surface area (Å²) in [6.07, 6.45) is 1.65. The number of ether oxygens (including phenoxy) is 1. The van der Waals surface area contributed by atoms with E-state index >= 15 is 0 Å². The highest BCUT2D eigenvalue weighted by molar-refractivity contribution is 8.00. The van der Waals surface area contributed by atoms with Gasteiger partial charge >= 0.3 is 0 Å². The third-order valence-electron chi connectivity index (χ3n) is 2.99. The number of halogens is 1. The summed E-state index contributed by atoms with van der Waals surface area (Å²) in [6, 6.07) is 5.08. The first-order chi connectivity index (χ1) is 10.5. The Labute approximate surface area is 138 Å². The fourth-order valence-corrected chi connectivity index (χ4v) is 2.84. The molecule has 1 atom stereocenters. The van der Waals surface area contributed by atoms with Gasteiger partial charge in [0.05, 0.1) is 18.0 Å². The van der Waals surface area contributed by atoms with E-state index in [0.29, 0.717) is 21.6 Å². The molecule has 0 aliphatic heterocycles. The fourth-order valence-electron chi connectivity index (χ4n) is 1.78. The predicted molar refractivity (Wildman–Crippen MR) is 87.6 cm³/mol. The van der Waals surface area contributed by atoms with E-state index in [1.54, 1.807) is 31.6 Å². The number of thioether (sulfide) groups is 1. The molecule has 2 rings (SSSR count). The quantitative estimate of drug-likeness (QED) is 0.818. The zero-order chi connectivity index (χ0) is 16.1. The van der Waals surface area contributed by atoms with Crippen molar-refractivity contribution in [1.82, 2.24) is 14.8 Å². The van der Waals surface area contributed by atoms with E-state index < -0.39 is 0 Å². The lowest BCUT2D eigenvalue weighted by Gasteiger charge is -2.14. The zero-order valence-corrected chi connectivity index (χ0v) is 14.1. The maximum absolute atomic E-state index is 12.3. The van der Waals surface area contributed by atoms with Gasteiger partial charge < -0.3 is 14.6 Å². The lowest BCUT2D eigenvalue weighted by Crippen LogP contribution is -2.23. The molecule has 1 amide bonds. The Hall–Kier alpha value is -1.73. The first-order valence-corrected chi connectivity index (χ1v) is 7.99. The molecule has 0 unspecified atom stereocenters. The fraction of sp³-hybridized carbons (Fsp3) is 0.357. The van der Waals surface area contributed by atoms with Crippen molar-refractivity contribution in [3.63, 3.8) is 0 Å². The Morgan fingerprint density at radius 3 is 3.00 bits per heavy atom. The van der Waals surface area contributed by atoms with Crippen molar-refractivity contribution in [3.8, 4) is 5.75 Å². The second-order valence-electron chi connectivity index (χ2n) is 4.49. The van der Waals surface area contributed by atoms with Gasteiger partial charge in [-0.3, -0.25) is 4.79 Å². The number of aromatic nitrogens is 3. The van der Waals surface area contributed by atoms with Crippen molar-refractivity contribution < 1.29 is 9.53 Å². The number of methoxy groups -OCH3 is 1. The number of hydrogen-bond donors (Lipinski definition) is 1. The molecule has 0 aliphatic rings. The van der Waals surface area contributed by atoms with Crippen LogP contribution < -0.4 is 10.1 Å². The molecule has 0 saturated carbocycles. The molecule has 1 aromatic heterocycles. The minimum atomic E-state index is -0.335. The topological polar surface area (TPSA) is 69.0 Å². The molecule has 8 heteroatoms. The highest BCUT2D eigenvalue weighted by Crippen LogP contribution is 2.29. The van der Waals surface area contributed by atoms with Crippen molar-refractivity contribution in [1.29, 1.82) is 0 Å². The van der Waals surface area contributed by atoms with Gasteiger partial charge in [-0.1, -0.05) is 23.4 Å². The van der Waals surface area contributed by atoms with Crippen LogP contribution in [0.5, 0.6) is 5.75 Å². The third kappa shape index (κ3) is 3.92. The van der Waals surface area contributed by atoms with E-state index in [-0.39, 0.29) is 11.2 Å². The molecular formula is C14H17ClN4O2S. The van der Waals surface area contributed by atoms with Crippen molar-refractivity contribution in [2.24, 2.45) is 0 Å². The van der Waals surface area contributed by atoms with Crippen molar-refractivity contribution in [3.05, 3.63) is 29.5 Å². The molecule has 1 aromatic carbocycles. The van der Waals surface area contributed by atoms with Crippen LogP contribution in [0.15, 0.2) is 29.7 Å². The summed E-state index contributed by atoms with van der Waals surface area (Å²) in [5.41, 5.74) is 0.546. The van der Waals surface area contributed by atoms with E-state index in [2.05, 4.69) is 15.5 Å². The summed E-state index contributed by atoms with van der Waals surface area (Å²) < 4.78 is 7.10. The van der Waals surface area contributed by atoms with Crippen molar-refractivity contribution in [2.75, 3.05) is 12.4 Å². The summed E-state index contributed by atoms with van der Waals surface area (Å²) in [6.45, 7) is 4.56. The Bertz CT molecular complexity index is 662. The number of benzene rings is 1. The largest absolute Gasteiger partial charge is 0.495 e. The van der Waals surface area contributed by atoms with Crippen LogP contribution in [-0.2, 0) is 11.3 Å². The maximum atomic E-state index is 12.3. The molecule has 0 fully saturated rings. The predicted octanol–water partition coefficient (Wildman–Crippen LogP) is 3.08. The minimum absolute atomic E-state index is 0.156. The number of anilines is 1. The Kier molecular flexibility index (Phi) is 5.68. The number of hydrogen-bond acceptors (Lipinski definition) is 5. The van der Waals surface area contributed by atoms with Crippen LogP contribution in [0.2, 0.25) is 5.02 Å². The van der Waals surface area contributed by atoms with E-state index in [1.165, 1.54) is 11.8 Å². The van der Waals surface area contributed by atoms with Crippen molar-refractivity contribution in [2.45, 2.75) is 30.8 Å². The highest BCUT2D eigenvalue weighted by atomic mass is 35.5. The number of amides is 1. The lowest BCUT2D eigenvalue weighted by atomic mass is 10.3. The molecule has 0 spiro atoms. The Balaban J connectivity index is 2.07. The Morgan fingerprint density at radius 2 is 2.32 bits per heavy atom. The molecule has 2 aromatic rings. The van der Waals surface area contributed by atoms with Gasteiger partial charge in [-0.2, -0.15) is 0 Å². The van der Waals surface area contributed by atoms with Crippen LogP contribution in [0.3, 0.4) is 0 Å². The molecule has 0 aliphatic carbocycles. The second-order valence-corrected chi connectivity index (χ2v) is 6.24. The minimum Gasteiger partial charge on any atom is -0.495 e. The van der Waals surface area contributed by atoms with E-state index in [9.17, 15) is 4.79 Å². The monoisotopic (exact) mass is 340 g/mol. The van der Waals surface area contributed by atoms with E-state index in [1.807, 2.05) is 18.4 Å². The standard InChI is InChI=1S/C14H17ClN4O2S/c1-4-19-8-16-18-14(19)22-9(2)13(20)17-11-7-10(15)5-6-12(11)21-3/h5-9H,4H2,1-3H3,(H,17,20)/t9-/m0/s1. The lowest BCUT2D eigenvalue weighted by molar-refractivity contribution is -0.115. The molecule has 0 radical (unpaired) electrons. The van der Waals surface area contributed by atoms with Gasteiger partial charge in [-0.15, -0.1) is 10.2 Å². The van der Waals surface area contributed by atoms with E-state index in [4.69, 9.17) is 16.3 Å².